The number of amides is 1. The number of rotatable bonds is 5. The minimum Gasteiger partial charge on any atom is -0.451 e. The summed E-state index contributed by atoms with van der Waals surface area (Å²) < 4.78 is 7.67. The van der Waals surface area contributed by atoms with Gasteiger partial charge in [-0.1, -0.05) is 60.2 Å². The van der Waals surface area contributed by atoms with Crippen LogP contribution < -0.4 is 4.80 Å². The van der Waals surface area contributed by atoms with Gasteiger partial charge in [0.15, 0.2) is 10.6 Å². The van der Waals surface area contributed by atoms with Crippen LogP contribution in [0.4, 0.5) is 5.69 Å². The van der Waals surface area contributed by atoms with Gasteiger partial charge in [-0.2, -0.15) is 4.99 Å². The Labute approximate surface area is 204 Å². The number of nitrogens with zero attached hydrogens (tertiary/aromatic N) is 3. The molecule has 5 rings (SSSR count). The van der Waals surface area contributed by atoms with Gasteiger partial charge in [-0.05, 0) is 36.8 Å². The molecule has 8 heteroatoms. The lowest BCUT2D eigenvalue weighted by Crippen LogP contribution is -2.16. The molecule has 0 aliphatic carbocycles. The van der Waals surface area contributed by atoms with Crippen molar-refractivity contribution in [3.8, 4) is 28.3 Å². The van der Waals surface area contributed by atoms with Crippen LogP contribution in [0.1, 0.15) is 16.1 Å². The summed E-state index contributed by atoms with van der Waals surface area (Å²) in [4.78, 5) is 28.5. The Hall–Kier alpha value is -4.56. The quantitative estimate of drug-likeness (QED) is 0.214. The first-order valence-corrected chi connectivity index (χ1v) is 11.6. The number of non-ortho nitro benzene ring substituents is 1. The van der Waals surface area contributed by atoms with E-state index in [4.69, 9.17) is 4.42 Å². The summed E-state index contributed by atoms with van der Waals surface area (Å²) in [6.07, 6.45) is 0. The number of nitro benzene ring substituents is 1. The lowest BCUT2D eigenvalue weighted by Gasteiger charge is -2.09. The molecule has 0 radical (unpaired) electrons. The number of aromatic nitrogens is 1. The van der Waals surface area contributed by atoms with Crippen LogP contribution in [0.3, 0.4) is 0 Å². The molecule has 0 unspecified atom stereocenters. The highest BCUT2D eigenvalue weighted by molar-refractivity contribution is 7.07. The first-order valence-electron chi connectivity index (χ1n) is 10.8. The van der Waals surface area contributed by atoms with Crippen molar-refractivity contribution in [1.29, 1.82) is 0 Å². The summed E-state index contributed by atoms with van der Waals surface area (Å²) in [5.41, 5.74) is 4.40. The number of hydrogen-bond acceptors (Lipinski definition) is 5. The lowest BCUT2D eigenvalue weighted by molar-refractivity contribution is -0.384. The number of carbonyl (C=O) groups is 1. The Morgan fingerprint density at radius 2 is 1.69 bits per heavy atom. The number of benzene rings is 3. The fraction of sp³-hybridized carbons (Fsp3) is 0.0370. The predicted molar refractivity (Wildman–Crippen MR) is 135 cm³/mol. The maximum atomic E-state index is 13.0. The van der Waals surface area contributed by atoms with Gasteiger partial charge in [0.05, 0.1) is 10.6 Å². The highest BCUT2D eigenvalue weighted by Crippen LogP contribution is 2.27. The molecule has 0 saturated heterocycles. The third kappa shape index (κ3) is 4.60. The van der Waals surface area contributed by atoms with Crippen molar-refractivity contribution in [3.63, 3.8) is 0 Å². The molecule has 0 bridgehead atoms. The highest BCUT2D eigenvalue weighted by Gasteiger charge is 2.16. The van der Waals surface area contributed by atoms with E-state index in [2.05, 4.69) is 4.99 Å². The molecule has 0 fully saturated rings. The number of nitro groups is 1. The van der Waals surface area contributed by atoms with Crippen LogP contribution in [0.2, 0.25) is 0 Å². The first-order chi connectivity index (χ1) is 17.0. The maximum Gasteiger partial charge on any atom is 0.315 e. The average molecular weight is 482 g/mol. The van der Waals surface area contributed by atoms with Crippen LogP contribution in [0.5, 0.6) is 0 Å². The van der Waals surface area contributed by atoms with Gasteiger partial charge >= 0.3 is 5.91 Å². The van der Waals surface area contributed by atoms with Crippen LogP contribution in [-0.4, -0.2) is 15.4 Å². The average Bonchev–Trinajstić information content (AvgIpc) is 3.53. The molecule has 3 aromatic carbocycles. The fourth-order valence-corrected chi connectivity index (χ4v) is 4.57. The van der Waals surface area contributed by atoms with Crippen molar-refractivity contribution < 1.29 is 14.1 Å². The second-order valence-corrected chi connectivity index (χ2v) is 8.67. The van der Waals surface area contributed by atoms with E-state index < -0.39 is 10.8 Å². The van der Waals surface area contributed by atoms with Gasteiger partial charge in [0.1, 0.15) is 5.76 Å². The Bertz CT molecular complexity index is 1600. The number of carbonyl (C=O) groups excluding carboxylic acids is 1. The molecular weight excluding hydrogens is 462 g/mol. The van der Waals surface area contributed by atoms with Crippen LogP contribution in [0.15, 0.2) is 106 Å². The lowest BCUT2D eigenvalue weighted by atomic mass is 10.1. The second kappa shape index (κ2) is 9.36. The molecule has 0 atom stereocenters. The van der Waals surface area contributed by atoms with E-state index in [0.717, 1.165) is 22.5 Å². The monoisotopic (exact) mass is 481 g/mol. The van der Waals surface area contributed by atoms with Gasteiger partial charge in [-0.25, -0.2) is 0 Å². The zero-order valence-electron chi connectivity index (χ0n) is 18.6. The predicted octanol–water partition coefficient (Wildman–Crippen LogP) is 6.42. The van der Waals surface area contributed by atoms with E-state index in [9.17, 15) is 14.9 Å². The van der Waals surface area contributed by atoms with Gasteiger partial charge in [0, 0.05) is 28.8 Å². The Kier molecular flexibility index (Phi) is 5.95. The van der Waals surface area contributed by atoms with Gasteiger partial charge < -0.3 is 4.42 Å². The van der Waals surface area contributed by atoms with Crippen molar-refractivity contribution in [2.75, 3.05) is 0 Å². The topological polar surface area (TPSA) is 90.6 Å². The second-order valence-electron chi connectivity index (χ2n) is 7.83. The van der Waals surface area contributed by atoms with Crippen molar-refractivity contribution in [3.05, 3.63) is 123 Å². The first kappa shape index (κ1) is 22.2. The smallest absolute Gasteiger partial charge is 0.315 e. The minimum absolute atomic E-state index is 0.0524. The fourth-order valence-electron chi connectivity index (χ4n) is 3.67. The molecule has 5 aromatic rings. The van der Waals surface area contributed by atoms with Crippen molar-refractivity contribution in [1.82, 2.24) is 4.57 Å². The van der Waals surface area contributed by atoms with Crippen molar-refractivity contribution >= 4 is 22.9 Å². The van der Waals surface area contributed by atoms with E-state index >= 15 is 0 Å². The number of aryl methyl sites for hydroxylation is 1. The van der Waals surface area contributed by atoms with Crippen LogP contribution in [-0.2, 0) is 0 Å². The largest absolute Gasteiger partial charge is 0.451 e. The molecule has 2 aromatic heterocycles. The van der Waals surface area contributed by atoms with E-state index in [0.29, 0.717) is 16.1 Å². The number of furan rings is 1. The van der Waals surface area contributed by atoms with E-state index in [-0.39, 0.29) is 11.4 Å². The molecule has 7 nitrogen and oxygen atoms in total. The Morgan fingerprint density at radius 3 is 2.43 bits per heavy atom. The molecule has 0 saturated carbocycles. The summed E-state index contributed by atoms with van der Waals surface area (Å²) in [6, 6.07) is 27.1. The summed E-state index contributed by atoms with van der Waals surface area (Å²) >= 11 is 1.36. The van der Waals surface area contributed by atoms with Gasteiger partial charge in [-0.3, -0.25) is 19.5 Å². The van der Waals surface area contributed by atoms with E-state index in [1.165, 1.54) is 29.5 Å². The third-order valence-corrected chi connectivity index (χ3v) is 6.25. The standard InChI is InChI=1S/C27H19N3O4S/c1-18-10-12-21(13-11-18)29-23(19-6-3-2-4-7-19)17-35-27(29)28-26(31)25-15-14-24(34-25)20-8-5-9-22(16-20)30(32)33/h2-17H,1H3. The van der Waals surface area contributed by atoms with Gasteiger partial charge in [0.25, 0.3) is 5.69 Å². The SMILES string of the molecule is Cc1ccc(-n2c(-c3ccccc3)csc2=NC(=O)c2ccc(-c3cccc([N+](=O)[O-])c3)o2)cc1. The molecule has 0 aliphatic heterocycles. The summed E-state index contributed by atoms with van der Waals surface area (Å²) in [5.74, 6) is -0.129. The Morgan fingerprint density at radius 1 is 0.943 bits per heavy atom. The van der Waals surface area contributed by atoms with Crippen LogP contribution in [0.25, 0.3) is 28.3 Å². The molecule has 1 amide bonds. The summed E-state index contributed by atoms with van der Waals surface area (Å²) in [6.45, 7) is 2.02. The third-order valence-electron chi connectivity index (χ3n) is 5.43. The minimum atomic E-state index is -0.538. The number of hydrogen-bond donors (Lipinski definition) is 0. The zero-order valence-corrected chi connectivity index (χ0v) is 19.4. The van der Waals surface area contributed by atoms with Crippen molar-refractivity contribution in [2.24, 2.45) is 4.99 Å². The molecule has 35 heavy (non-hydrogen) atoms. The molecule has 0 aliphatic rings. The Balaban J connectivity index is 1.55. The van der Waals surface area contributed by atoms with E-state index in [1.54, 1.807) is 18.2 Å². The van der Waals surface area contributed by atoms with Gasteiger partial charge in [-0.15, -0.1) is 11.3 Å². The maximum absolute atomic E-state index is 13.0. The molecule has 2 heterocycles. The molecule has 0 N–H and O–H groups in total. The molecular formula is C27H19N3O4S. The van der Waals surface area contributed by atoms with E-state index in [1.807, 2.05) is 71.5 Å². The van der Waals surface area contributed by atoms with Crippen molar-refractivity contribution in [2.45, 2.75) is 6.92 Å². The van der Waals surface area contributed by atoms with Gasteiger partial charge in [0.2, 0.25) is 0 Å². The van der Waals surface area contributed by atoms with Crippen LogP contribution in [0, 0.1) is 17.0 Å². The number of thiazole rings is 1. The zero-order chi connectivity index (χ0) is 24.4. The highest BCUT2D eigenvalue weighted by atomic mass is 32.1. The normalized spacial score (nSPS) is 11.5. The molecule has 0 spiro atoms. The molecule has 172 valence electrons. The summed E-state index contributed by atoms with van der Waals surface area (Å²) in [7, 11) is 0. The van der Waals surface area contributed by atoms with Crippen LogP contribution >= 0.6 is 11.3 Å². The summed E-state index contributed by atoms with van der Waals surface area (Å²) in [5, 5.41) is 13.0.